The van der Waals surface area contributed by atoms with Gasteiger partial charge >= 0.3 is 5.97 Å². The fourth-order valence-electron chi connectivity index (χ4n) is 1.83. The van der Waals surface area contributed by atoms with Gasteiger partial charge in [-0.1, -0.05) is 11.6 Å². The second kappa shape index (κ2) is 3.85. The first-order chi connectivity index (χ1) is 7.58. The van der Waals surface area contributed by atoms with Crippen molar-refractivity contribution in [3.63, 3.8) is 0 Å². The first-order valence-corrected chi connectivity index (χ1v) is 5.04. The third kappa shape index (κ3) is 1.84. The van der Waals surface area contributed by atoms with E-state index in [-0.39, 0.29) is 0 Å². The number of rotatable bonds is 2. The van der Waals surface area contributed by atoms with Crippen molar-refractivity contribution in [1.29, 1.82) is 0 Å². The van der Waals surface area contributed by atoms with Crippen molar-refractivity contribution in [2.24, 2.45) is 7.05 Å². The maximum atomic E-state index is 10.5. The number of benzene rings is 1. The molecular formula is C13H13NO2. The van der Waals surface area contributed by atoms with Gasteiger partial charge in [-0.05, 0) is 25.1 Å². The molecule has 0 aliphatic heterocycles. The number of carbonyl (C=O) groups is 1. The molecule has 0 amide bonds. The van der Waals surface area contributed by atoms with Crippen molar-refractivity contribution in [2.45, 2.75) is 6.92 Å². The molecule has 1 aromatic heterocycles. The summed E-state index contributed by atoms with van der Waals surface area (Å²) in [6, 6.07) is 6.16. The number of carboxylic acids is 1. The maximum absolute atomic E-state index is 10.5. The minimum absolute atomic E-state index is 0.926. The maximum Gasteiger partial charge on any atom is 0.328 e. The summed E-state index contributed by atoms with van der Waals surface area (Å²) in [7, 11) is 1.95. The molecule has 0 fully saturated rings. The van der Waals surface area contributed by atoms with E-state index in [1.54, 1.807) is 6.08 Å². The van der Waals surface area contributed by atoms with Crippen molar-refractivity contribution < 1.29 is 9.90 Å². The SMILES string of the molecule is Cc1ccc2c(c1)c(/C=C/C(=O)O)cn2C. The molecule has 0 saturated heterocycles. The molecule has 0 bridgehead atoms. The fourth-order valence-corrected chi connectivity index (χ4v) is 1.83. The first-order valence-electron chi connectivity index (χ1n) is 5.04. The zero-order valence-electron chi connectivity index (χ0n) is 9.27. The first kappa shape index (κ1) is 10.5. The van der Waals surface area contributed by atoms with Crippen molar-refractivity contribution in [3.8, 4) is 0 Å². The standard InChI is InChI=1S/C13H13NO2/c1-9-3-5-12-11(7-9)10(8-14(12)2)4-6-13(15)16/h3-8H,1-2H3,(H,15,16)/b6-4+. The zero-order chi connectivity index (χ0) is 11.7. The van der Waals surface area contributed by atoms with Crippen molar-refractivity contribution >= 4 is 22.9 Å². The molecule has 1 heterocycles. The molecule has 2 aromatic rings. The zero-order valence-corrected chi connectivity index (χ0v) is 9.27. The van der Waals surface area contributed by atoms with Crippen LogP contribution in [0.3, 0.4) is 0 Å². The summed E-state index contributed by atoms with van der Waals surface area (Å²) >= 11 is 0. The van der Waals surface area contributed by atoms with Crippen LogP contribution in [0.4, 0.5) is 0 Å². The van der Waals surface area contributed by atoms with Crippen molar-refractivity contribution in [3.05, 3.63) is 41.6 Å². The highest BCUT2D eigenvalue weighted by molar-refractivity contribution is 5.94. The number of fused-ring (bicyclic) bond motifs is 1. The Morgan fingerprint density at radius 1 is 1.44 bits per heavy atom. The average Bonchev–Trinajstić information content (AvgIpc) is 2.52. The third-order valence-electron chi connectivity index (χ3n) is 2.58. The van der Waals surface area contributed by atoms with E-state index in [1.165, 1.54) is 5.56 Å². The van der Waals surface area contributed by atoms with Gasteiger partial charge in [0.15, 0.2) is 0 Å². The quantitative estimate of drug-likeness (QED) is 0.782. The van der Waals surface area contributed by atoms with Gasteiger partial charge in [-0.2, -0.15) is 0 Å². The molecule has 0 spiro atoms. The average molecular weight is 215 g/mol. The molecule has 16 heavy (non-hydrogen) atoms. The molecule has 0 radical (unpaired) electrons. The number of carboxylic acid groups (broad SMARTS) is 1. The van der Waals surface area contributed by atoms with Crippen molar-refractivity contribution in [1.82, 2.24) is 4.57 Å². The van der Waals surface area contributed by atoms with Gasteiger partial charge < -0.3 is 9.67 Å². The number of hydrogen-bond acceptors (Lipinski definition) is 1. The summed E-state index contributed by atoms with van der Waals surface area (Å²) in [5.74, 6) is -0.926. The Labute approximate surface area is 93.6 Å². The number of aliphatic carboxylic acids is 1. The number of nitrogens with zero attached hydrogens (tertiary/aromatic N) is 1. The van der Waals surface area contributed by atoms with E-state index < -0.39 is 5.97 Å². The molecule has 1 N–H and O–H groups in total. The number of aryl methyl sites for hydroxylation is 2. The van der Waals surface area contributed by atoms with Crippen LogP contribution in [0.5, 0.6) is 0 Å². The topological polar surface area (TPSA) is 42.2 Å². The van der Waals surface area contributed by atoms with E-state index in [4.69, 9.17) is 5.11 Å². The van der Waals surface area contributed by atoms with Crippen LogP contribution in [-0.2, 0) is 11.8 Å². The smallest absolute Gasteiger partial charge is 0.328 e. The van der Waals surface area contributed by atoms with Crippen LogP contribution in [0.15, 0.2) is 30.5 Å². The minimum Gasteiger partial charge on any atom is -0.478 e. The lowest BCUT2D eigenvalue weighted by Gasteiger charge is -1.96. The normalized spacial score (nSPS) is 11.4. The van der Waals surface area contributed by atoms with E-state index in [0.717, 1.165) is 22.5 Å². The second-order valence-corrected chi connectivity index (χ2v) is 3.89. The minimum atomic E-state index is -0.926. The molecule has 3 nitrogen and oxygen atoms in total. The van der Waals surface area contributed by atoms with Gasteiger partial charge in [-0.15, -0.1) is 0 Å². The third-order valence-corrected chi connectivity index (χ3v) is 2.58. The van der Waals surface area contributed by atoms with Crippen molar-refractivity contribution in [2.75, 3.05) is 0 Å². The Balaban J connectivity index is 2.61. The largest absolute Gasteiger partial charge is 0.478 e. The summed E-state index contributed by atoms with van der Waals surface area (Å²) in [5.41, 5.74) is 3.21. The van der Waals surface area contributed by atoms with Crippen LogP contribution < -0.4 is 0 Å². The summed E-state index contributed by atoms with van der Waals surface area (Å²) < 4.78 is 2.00. The van der Waals surface area contributed by atoms with E-state index in [1.807, 2.05) is 36.9 Å². The van der Waals surface area contributed by atoms with Crippen LogP contribution in [0, 0.1) is 6.92 Å². The van der Waals surface area contributed by atoms with E-state index in [2.05, 4.69) is 6.07 Å². The van der Waals surface area contributed by atoms with Gasteiger partial charge in [0.05, 0.1) is 0 Å². The van der Waals surface area contributed by atoms with Gasteiger partial charge in [0.2, 0.25) is 0 Å². The molecule has 0 aliphatic carbocycles. The van der Waals surface area contributed by atoms with E-state index in [9.17, 15) is 4.79 Å². The van der Waals surface area contributed by atoms with Gasteiger partial charge in [0, 0.05) is 35.8 Å². The summed E-state index contributed by atoms with van der Waals surface area (Å²) in [6.07, 6.45) is 4.73. The van der Waals surface area contributed by atoms with Crippen LogP contribution in [-0.4, -0.2) is 15.6 Å². The van der Waals surface area contributed by atoms with Crippen LogP contribution in [0.25, 0.3) is 17.0 Å². The Bertz CT molecular complexity index is 579. The van der Waals surface area contributed by atoms with E-state index in [0.29, 0.717) is 0 Å². The Kier molecular flexibility index (Phi) is 2.52. The molecule has 0 atom stereocenters. The molecule has 2 rings (SSSR count). The van der Waals surface area contributed by atoms with Gasteiger partial charge in [0.25, 0.3) is 0 Å². The summed E-state index contributed by atoms with van der Waals surface area (Å²) in [5, 5.41) is 9.70. The predicted molar refractivity (Wildman–Crippen MR) is 64.3 cm³/mol. The Hall–Kier alpha value is -2.03. The lowest BCUT2D eigenvalue weighted by Crippen LogP contribution is -1.85. The lowest BCUT2D eigenvalue weighted by atomic mass is 10.1. The molecule has 1 aromatic carbocycles. The van der Waals surface area contributed by atoms with Gasteiger partial charge in [-0.25, -0.2) is 4.79 Å². The highest BCUT2D eigenvalue weighted by Gasteiger charge is 2.04. The van der Waals surface area contributed by atoms with Gasteiger partial charge in [-0.3, -0.25) is 0 Å². The van der Waals surface area contributed by atoms with Crippen LogP contribution in [0.2, 0.25) is 0 Å². The molecule has 3 heteroatoms. The van der Waals surface area contributed by atoms with Crippen LogP contribution in [0.1, 0.15) is 11.1 Å². The predicted octanol–water partition coefficient (Wildman–Crippen LogP) is 2.58. The number of hydrogen-bond donors (Lipinski definition) is 1. The van der Waals surface area contributed by atoms with Gasteiger partial charge in [0.1, 0.15) is 0 Å². The molecule has 0 unspecified atom stereocenters. The fraction of sp³-hybridized carbons (Fsp3) is 0.154. The highest BCUT2D eigenvalue weighted by Crippen LogP contribution is 2.22. The molecular weight excluding hydrogens is 202 g/mol. The molecule has 82 valence electrons. The summed E-state index contributed by atoms with van der Waals surface area (Å²) in [6.45, 7) is 2.02. The monoisotopic (exact) mass is 215 g/mol. The van der Waals surface area contributed by atoms with Crippen LogP contribution >= 0.6 is 0 Å². The lowest BCUT2D eigenvalue weighted by molar-refractivity contribution is -0.131. The van der Waals surface area contributed by atoms with E-state index >= 15 is 0 Å². The molecule has 0 aliphatic rings. The second-order valence-electron chi connectivity index (χ2n) is 3.89. The Morgan fingerprint density at radius 3 is 2.88 bits per heavy atom. The molecule has 0 saturated carbocycles. The number of aromatic nitrogens is 1. The summed E-state index contributed by atoms with van der Waals surface area (Å²) in [4.78, 5) is 10.5. The highest BCUT2D eigenvalue weighted by atomic mass is 16.4. The Morgan fingerprint density at radius 2 is 2.19 bits per heavy atom.